The molecule has 0 bridgehead atoms. The number of benzene rings is 1. The summed E-state index contributed by atoms with van der Waals surface area (Å²) < 4.78 is 1.06. The van der Waals surface area contributed by atoms with Crippen LogP contribution in [0.2, 0.25) is 0 Å². The third-order valence-corrected chi connectivity index (χ3v) is 4.07. The molecule has 1 aromatic carbocycles. The van der Waals surface area contributed by atoms with E-state index in [0.717, 1.165) is 14.0 Å². The van der Waals surface area contributed by atoms with Gasteiger partial charge in [-0.1, -0.05) is 22.0 Å². The molecule has 1 aromatic rings. The second-order valence-electron chi connectivity index (χ2n) is 2.65. The fraction of sp³-hybridized carbons (Fsp3) is 0.222. The van der Waals surface area contributed by atoms with E-state index in [9.17, 15) is 4.79 Å². The van der Waals surface area contributed by atoms with E-state index in [4.69, 9.17) is 0 Å². The summed E-state index contributed by atoms with van der Waals surface area (Å²) in [5, 5.41) is 0. The average Bonchev–Trinajstić information content (AvgIpc) is 2.03. The van der Waals surface area contributed by atoms with Crippen molar-refractivity contribution in [3.63, 3.8) is 0 Å². The van der Waals surface area contributed by atoms with Gasteiger partial charge in [0, 0.05) is 8.47 Å². The van der Waals surface area contributed by atoms with E-state index in [2.05, 4.69) is 51.1 Å². The minimum atomic E-state index is -0.243. The quantitative estimate of drug-likeness (QED) is 0.478. The zero-order valence-corrected chi connectivity index (χ0v) is 11.6. The Labute approximate surface area is 105 Å². The highest BCUT2D eigenvalue weighted by molar-refractivity contribution is 14.1. The van der Waals surface area contributed by atoms with Crippen LogP contribution in [0, 0.1) is 3.57 Å². The van der Waals surface area contributed by atoms with Crippen molar-refractivity contribution in [2.24, 2.45) is 0 Å². The first-order valence-electron chi connectivity index (χ1n) is 3.66. The average molecular weight is 371 g/mol. The molecule has 1 nitrogen and oxygen atoms in total. The molecular formula is C9H8BrIOS. The number of hydrogen-bond acceptors (Lipinski definition) is 2. The minimum absolute atomic E-state index is 0.0967. The second kappa shape index (κ2) is 4.79. The SMILES string of the molecule is CC(=O)C(Br)c1c(S)cccc1I. The molecule has 0 fully saturated rings. The van der Waals surface area contributed by atoms with E-state index in [1.165, 1.54) is 0 Å². The van der Waals surface area contributed by atoms with E-state index in [1.807, 2.05) is 18.2 Å². The molecule has 0 aliphatic rings. The molecule has 0 saturated heterocycles. The number of hydrogen-bond donors (Lipinski definition) is 1. The number of alkyl halides is 1. The lowest BCUT2D eigenvalue weighted by Gasteiger charge is -2.11. The molecule has 0 saturated carbocycles. The fourth-order valence-corrected chi connectivity index (χ4v) is 3.44. The summed E-state index contributed by atoms with van der Waals surface area (Å²) >= 11 is 9.87. The second-order valence-corrected chi connectivity index (χ2v) is 5.21. The third-order valence-electron chi connectivity index (χ3n) is 1.64. The zero-order valence-electron chi connectivity index (χ0n) is 6.92. The van der Waals surface area contributed by atoms with Gasteiger partial charge in [-0.2, -0.15) is 0 Å². The summed E-state index contributed by atoms with van der Waals surface area (Å²) in [5.74, 6) is 0.0967. The van der Waals surface area contributed by atoms with Crippen molar-refractivity contribution in [2.75, 3.05) is 0 Å². The Morgan fingerprint density at radius 2 is 2.23 bits per heavy atom. The topological polar surface area (TPSA) is 17.1 Å². The highest BCUT2D eigenvalue weighted by Crippen LogP contribution is 2.32. The zero-order chi connectivity index (χ0) is 10.0. The van der Waals surface area contributed by atoms with Crippen LogP contribution in [0.15, 0.2) is 23.1 Å². The Morgan fingerprint density at radius 1 is 1.62 bits per heavy atom. The summed E-state index contributed by atoms with van der Waals surface area (Å²) in [6, 6.07) is 5.78. The molecule has 0 heterocycles. The Bertz CT molecular complexity index is 320. The van der Waals surface area contributed by atoms with Crippen molar-refractivity contribution in [1.29, 1.82) is 0 Å². The molecule has 0 N–H and O–H groups in total. The Balaban J connectivity index is 3.20. The molecule has 70 valence electrons. The van der Waals surface area contributed by atoms with Gasteiger partial charge >= 0.3 is 0 Å². The van der Waals surface area contributed by atoms with E-state index in [-0.39, 0.29) is 10.6 Å². The smallest absolute Gasteiger partial charge is 0.147 e. The van der Waals surface area contributed by atoms with Crippen LogP contribution in [0.5, 0.6) is 0 Å². The van der Waals surface area contributed by atoms with Crippen LogP contribution in [0.4, 0.5) is 0 Å². The normalized spacial score (nSPS) is 12.6. The van der Waals surface area contributed by atoms with Crippen LogP contribution in [0.3, 0.4) is 0 Å². The van der Waals surface area contributed by atoms with Crippen LogP contribution in [0.25, 0.3) is 0 Å². The highest BCUT2D eigenvalue weighted by Gasteiger charge is 2.17. The number of rotatable bonds is 2. The monoisotopic (exact) mass is 370 g/mol. The maximum absolute atomic E-state index is 11.2. The number of halogens is 2. The summed E-state index contributed by atoms with van der Waals surface area (Å²) in [5.41, 5.74) is 0.957. The lowest BCUT2D eigenvalue weighted by molar-refractivity contribution is -0.116. The molecule has 0 spiro atoms. The number of ketones is 1. The molecule has 0 aliphatic heterocycles. The van der Waals surface area contributed by atoms with Gasteiger partial charge in [0.15, 0.2) is 0 Å². The first kappa shape index (κ1) is 11.5. The van der Waals surface area contributed by atoms with E-state index in [1.54, 1.807) is 6.92 Å². The van der Waals surface area contributed by atoms with Crippen LogP contribution in [0.1, 0.15) is 17.3 Å². The van der Waals surface area contributed by atoms with Gasteiger partial charge in [0.2, 0.25) is 0 Å². The predicted molar refractivity (Wildman–Crippen MR) is 68.8 cm³/mol. The summed E-state index contributed by atoms with van der Waals surface area (Å²) in [7, 11) is 0. The molecule has 0 aliphatic carbocycles. The van der Waals surface area contributed by atoms with Crippen LogP contribution >= 0.6 is 51.1 Å². The Kier molecular flexibility index (Phi) is 4.25. The number of carbonyl (C=O) groups is 1. The van der Waals surface area contributed by atoms with Gasteiger partial charge in [-0.3, -0.25) is 4.79 Å². The standard InChI is InChI=1S/C9H8BrIOS/c1-5(12)9(10)8-6(11)3-2-4-7(8)13/h2-4,9,13H,1H3. The van der Waals surface area contributed by atoms with Gasteiger partial charge in [-0.05, 0) is 47.2 Å². The van der Waals surface area contributed by atoms with Gasteiger partial charge < -0.3 is 0 Å². The van der Waals surface area contributed by atoms with Gasteiger partial charge in [0.1, 0.15) is 5.78 Å². The van der Waals surface area contributed by atoms with E-state index in [0.29, 0.717) is 0 Å². The predicted octanol–water partition coefficient (Wildman–Crippen LogP) is 3.60. The summed E-state index contributed by atoms with van der Waals surface area (Å²) in [6.07, 6.45) is 0. The van der Waals surface area contributed by atoms with Crippen LogP contribution in [-0.2, 0) is 4.79 Å². The van der Waals surface area contributed by atoms with Gasteiger partial charge in [0.25, 0.3) is 0 Å². The molecule has 4 heteroatoms. The van der Waals surface area contributed by atoms with Crippen molar-refractivity contribution in [2.45, 2.75) is 16.6 Å². The summed E-state index contributed by atoms with van der Waals surface area (Å²) in [6.45, 7) is 1.57. The van der Waals surface area contributed by atoms with Crippen molar-refractivity contribution in [3.8, 4) is 0 Å². The van der Waals surface area contributed by atoms with Crippen LogP contribution in [-0.4, -0.2) is 5.78 Å². The minimum Gasteiger partial charge on any atom is -0.298 e. The van der Waals surface area contributed by atoms with Crippen molar-refractivity contribution in [1.82, 2.24) is 0 Å². The maximum Gasteiger partial charge on any atom is 0.147 e. The van der Waals surface area contributed by atoms with E-state index < -0.39 is 0 Å². The highest BCUT2D eigenvalue weighted by atomic mass is 127. The number of carbonyl (C=O) groups excluding carboxylic acids is 1. The third kappa shape index (κ3) is 2.70. The summed E-state index contributed by atoms with van der Waals surface area (Å²) in [4.78, 5) is 11.8. The van der Waals surface area contributed by atoms with Crippen molar-refractivity contribution >= 4 is 56.9 Å². The molecule has 1 atom stereocenters. The number of Topliss-reactive ketones (excluding diaryl/α,β-unsaturated/α-hetero) is 1. The van der Waals surface area contributed by atoms with Crippen molar-refractivity contribution < 1.29 is 4.79 Å². The molecular weight excluding hydrogens is 363 g/mol. The molecule has 1 unspecified atom stereocenters. The maximum atomic E-state index is 11.2. The molecule has 13 heavy (non-hydrogen) atoms. The van der Waals surface area contributed by atoms with E-state index >= 15 is 0 Å². The fourth-order valence-electron chi connectivity index (χ4n) is 0.980. The first-order chi connectivity index (χ1) is 6.04. The largest absolute Gasteiger partial charge is 0.298 e. The van der Waals surface area contributed by atoms with Crippen molar-refractivity contribution in [3.05, 3.63) is 27.3 Å². The van der Waals surface area contributed by atoms with Crippen LogP contribution < -0.4 is 0 Å². The Hall–Kier alpha value is 0.450. The first-order valence-corrected chi connectivity index (χ1v) is 6.10. The molecule has 0 radical (unpaired) electrons. The molecule has 0 aromatic heterocycles. The number of thiol groups is 1. The van der Waals surface area contributed by atoms with Gasteiger partial charge in [-0.25, -0.2) is 0 Å². The molecule has 0 amide bonds. The Morgan fingerprint density at radius 3 is 2.69 bits per heavy atom. The van der Waals surface area contributed by atoms with Gasteiger partial charge in [-0.15, -0.1) is 12.6 Å². The van der Waals surface area contributed by atoms with Gasteiger partial charge in [0.05, 0.1) is 4.83 Å². The molecule has 1 rings (SSSR count). The lowest BCUT2D eigenvalue weighted by atomic mass is 10.1. The lowest BCUT2D eigenvalue weighted by Crippen LogP contribution is -2.04.